The molecular weight excluding hydrogens is 243 g/mol. The molecule has 0 amide bonds. The lowest BCUT2D eigenvalue weighted by Gasteiger charge is -2.11. The lowest BCUT2D eigenvalue weighted by molar-refractivity contribution is 0.101. The van der Waals surface area contributed by atoms with Crippen LogP contribution in [0.5, 0.6) is 5.75 Å². The maximum absolute atomic E-state index is 13.4. The fourth-order valence-electron chi connectivity index (χ4n) is 2.11. The number of hydrogen-bond donors (Lipinski definition) is 0. The van der Waals surface area contributed by atoms with Gasteiger partial charge >= 0.3 is 0 Å². The minimum Gasteiger partial charge on any atom is -0.497 e. The molecule has 0 saturated heterocycles. The second kappa shape index (κ2) is 5.22. The second-order valence-electron chi connectivity index (χ2n) is 4.43. The molecule has 98 valence electrons. The molecule has 2 aromatic carbocycles. The summed E-state index contributed by atoms with van der Waals surface area (Å²) >= 11 is 0. The van der Waals surface area contributed by atoms with E-state index in [2.05, 4.69) is 0 Å². The van der Waals surface area contributed by atoms with Crippen LogP contribution in [0, 0.1) is 12.7 Å². The Balaban J connectivity index is 2.64. The Kier molecular flexibility index (Phi) is 3.65. The zero-order valence-corrected chi connectivity index (χ0v) is 11.2. The first-order valence-electron chi connectivity index (χ1n) is 5.98. The normalized spacial score (nSPS) is 10.3. The topological polar surface area (TPSA) is 26.3 Å². The number of Topliss-reactive ketones (excluding diaryl/α,β-unsaturated/α-hetero) is 1. The lowest BCUT2D eigenvalue weighted by Crippen LogP contribution is -1.98. The van der Waals surface area contributed by atoms with Gasteiger partial charge in [-0.15, -0.1) is 0 Å². The quantitative estimate of drug-likeness (QED) is 0.777. The van der Waals surface area contributed by atoms with E-state index >= 15 is 0 Å². The standard InChI is InChI=1S/C16H15FO2/c1-10-8-13(19-3)5-7-14(10)16-9-12(17)4-6-15(16)11(2)18/h4-9H,1-3H3. The van der Waals surface area contributed by atoms with E-state index in [-0.39, 0.29) is 11.6 Å². The Morgan fingerprint density at radius 1 is 1.11 bits per heavy atom. The molecule has 0 saturated carbocycles. The third-order valence-corrected chi connectivity index (χ3v) is 3.08. The second-order valence-corrected chi connectivity index (χ2v) is 4.43. The Morgan fingerprint density at radius 3 is 2.42 bits per heavy atom. The highest BCUT2D eigenvalue weighted by molar-refractivity contribution is 6.01. The van der Waals surface area contributed by atoms with Crippen molar-refractivity contribution < 1.29 is 13.9 Å². The summed E-state index contributed by atoms with van der Waals surface area (Å²) in [6, 6.07) is 9.73. The molecule has 0 aliphatic heterocycles. The van der Waals surface area contributed by atoms with Crippen molar-refractivity contribution in [2.45, 2.75) is 13.8 Å². The number of aryl methyl sites for hydroxylation is 1. The van der Waals surface area contributed by atoms with E-state index in [1.165, 1.54) is 25.1 Å². The van der Waals surface area contributed by atoms with Crippen molar-refractivity contribution in [3.05, 3.63) is 53.3 Å². The molecule has 0 aliphatic carbocycles. The first-order valence-corrected chi connectivity index (χ1v) is 5.98. The predicted molar refractivity (Wildman–Crippen MR) is 73.1 cm³/mol. The van der Waals surface area contributed by atoms with E-state index in [1.807, 2.05) is 19.1 Å². The van der Waals surface area contributed by atoms with Crippen molar-refractivity contribution in [3.63, 3.8) is 0 Å². The third-order valence-electron chi connectivity index (χ3n) is 3.08. The van der Waals surface area contributed by atoms with Crippen LogP contribution in [-0.4, -0.2) is 12.9 Å². The van der Waals surface area contributed by atoms with E-state index in [9.17, 15) is 9.18 Å². The van der Waals surface area contributed by atoms with Gasteiger partial charge in [0, 0.05) is 5.56 Å². The number of carbonyl (C=O) groups excluding carboxylic acids is 1. The Bertz CT molecular complexity index is 633. The summed E-state index contributed by atoms with van der Waals surface area (Å²) in [5.41, 5.74) is 2.92. The zero-order valence-electron chi connectivity index (χ0n) is 11.2. The van der Waals surface area contributed by atoms with Gasteiger partial charge in [0.15, 0.2) is 5.78 Å². The van der Waals surface area contributed by atoms with Gasteiger partial charge < -0.3 is 4.74 Å². The van der Waals surface area contributed by atoms with Gasteiger partial charge in [-0.05, 0) is 60.9 Å². The van der Waals surface area contributed by atoms with Crippen LogP contribution in [0.4, 0.5) is 4.39 Å². The summed E-state index contributed by atoms with van der Waals surface area (Å²) < 4.78 is 18.6. The third kappa shape index (κ3) is 2.65. The van der Waals surface area contributed by atoms with Gasteiger partial charge in [0.25, 0.3) is 0 Å². The monoisotopic (exact) mass is 258 g/mol. The van der Waals surface area contributed by atoms with Crippen molar-refractivity contribution in [1.29, 1.82) is 0 Å². The predicted octanol–water partition coefficient (Wildman–Crippen LogP) is 4.01. The molecule has 2 nitrogen and oxygen atoms in total. The van der Waals surface area contributed by atoms with Crippen LogP contribution in [0.15, 0.2) is 36.4 Å². The first kappa shape index (κ1) is 13.3. The summed E-state index contributed by atoms with van der Waals surface area (Å²) in [6.07, 6.45) is 0. The van der Waals surface area contributed by atoms with Gasteiger partial charge in [0.2, 0.25) is 0 Å². The van der Waals surface area contributed by atoms with Crippen LogP contribution in [0.25, 0.3) is 11.1 Å². The maximum Gasteiger partial charge on any atom is 0.160 e. The molecule has 2 aromatic rings. The summed E-state index contributed by atoms with van der Waals surface area (Å²) in [6.45, 7) is 3.39. The smallest absolute Gasteiger partial charge is 0.160 e. The number of methoxy groups -OCH3 is 1. The highest BCUT2D eigenvalue weighted by atomic mass is 19.1. The van der Waals surface area contributed by atoms with E-state index in [4.69, 9.17) is 4.74 Å². The van der Waals surface area contributed by atoms with Crippen molar-refractivity contribution >= 4 is 5.78 Å². The number of rotatable bonds is 3. The number of ether oxygens (including phenoxy) is 1. The molecule has 0 fully saturated rings. The molecule has 0 N–H and O–H groups in total. The van der Waals surface area contributed by atoms with E-state index in [0.717, 1.165) is 16.9 Å². The molecule has 19 heavy (non-hydrogen) atoms. The summed E-state index contributed by atoms with van der Waals surface area (Å²) in [5, 5.41) is 0. The SMILES string of the molecule is COc1ccc(-c2cc(F)ccc2C(C)=O)c(C)c1. The van der Waals surface area contributed by atoms with E-state index < -0.39 is 0 Å². The van der Waals surface area contributed by atoms with Crippen LogP contribution in [0.1, 0.15) is 22.8 Å². The molecule has 0 heterocycles. The number of ketones is 1. The van der Waals surface area contributed by atoms with Crippen LogP contribution in [-0.2, 0) is 0 Å². The van der Waals surface area contributed by atoms with E-state index in [1.54, 1.807) is 13.2 Å². The zero-order chi connectivity index (χ0) is 14.0. The van der Waals surface area contributed by atoms with Crippen LogP contribution >= 0.6 is 0 Å². The van der Waals surface area contributed by atoms with Gasteiger partial charge in [0.1, 0.15) is 11.6 Å². The number of hydrogen-bond acceptors (Lipinski definition) is 2. The van der Waals surface area contributed by atoms with Crippen molar-refractivity contribution in [2.24, 2.45) is 0 Å². The molecule has 3 heteroatoms. The Labute approximate surface area is 111 Å². The first-order chi connectivity index (χ1) is 9.02. The molecule has 0 aliphatic rings. The molecule has 0 unspecified atom stereocenters. The van der Waals surface area contributed by atoms with Gasteiger partial charge in [-0.3, -0.25) is 4.79 Å². The number of benzene rings is 2. The fraction of sp³-hybridized carbons (Fsp3) is 0.188. The van der Waals surface area contributed by atoms with Crippen LogP contribution < -0.4 is 4.74 Å². The van der Waals surface area contributed by atoms with Crippen LogP contribution in [0.3, 0.4) is 0 Å². The summed E-state index contributed by atoms with van der Waals surface area (Å²) in [5.74, 6) is 0.308. The molecule has 0 spiro atoms. The Morgan fingerprint density at radius 2 is 1.84 bits per heavy atom. The van der Waals surface area contributed by atoms with Crippen molar-refractivity contribution in [2.75, 3.05) is 7.11 Å². The number of carbonyl (C=O) groups is 1. The molecule has 2 rings (SSSR count). The van der Waals surface area contributed by atoms with Gasteiger partial charge in [-0.25, -0.2) is 4.39 Å². The minimum atomic E-state index is -0.352. The molecule has 0 atom stereocenters. The van der Waals surface area contributed by atoms with Crippen molar-refractivity contribution in [3.8, 4) is 16.9 Å². The maximum atomic E-state index is 13.4. The average Bonchev–Trinajstić information content (AvgIpc) is 2.38. The Hall–Kier alpha value is -2.16. The van der Waals surface area contributed by atoms with Crippen molar-refractivity contribution in [1.82, 2.24) is 0 Å². The largest absolute Gasteiger partial charge is 0.497 e. The van der Waals surface area contributed by atoms with Gasteiger partial charge in [-0.2, -0.15) is 0 Å². The van der Waals surface area contributed by atoms with Gasteiger partial charge in [-0.1, -0.05) is 6.07 Å². The average molecular weight is 258 g/mol. The number of halogens is 1. The fourth-order valence-corrected chi connectivity index (χ4v) is 2.11. The minimum absolute atomic E-state index is 0.0785. The van der Waals surface area contributed by atoms with E-state index in [0.29, 0.717) is 11.1 Å². The molecular formula is C16H15FO2. The molecule has 0 bridgehead atoms. The molecule has 0 aromatic heterocycles. The summed E-state index contributed by atoms with van der Waals surface area (Å²) in [7, 11) is 1.59. The highest BCUT2D eigenvalue weighted by Gasteiger charge is 2.12. The van der Waals surface area contributed by atoms with Gasteiger partial charge in [0.05, 0.1) is 7.11 Å². The lowest BCUT2D eigenvalue weighted by atomic mass is 9.94. The molecule has 0 radical (unpaired) electrons. The highest BCUT2D eigenvalue weighted by Crippen LogP contribution is 2.30. The van der Waals surface area contributed by atoms with Crippen LogP contribution in [0.2, 0.25) is 0 Å². The summed E-state index contributed by atoms with van der Waals surface area (Å²) in [4.78, 5) is 11.6.